The van der Waals surface area contributed by atoms with Crippen LogP contribution >= 0.6 is 0 Å². The third kappa shape index (κ3) is 1.19. The number of aliphatic imine (C=N–C) groups is 1. The lowest BCUT2D eigenvalue weighted by Gasteiger charge is -1.97. The molecular weight excluding hydrogens is 140 g/mol. The van der Waals surface area contributed by atoms with Crippen molar-refractivity contribution in [1.29, 1.82) is 0 Å². The molecule has 0 unspecified atom stereocenters. The molecular formula is C7H7N4. The number of nitrogens with zero attached hydrogens (tertiary/aromatic N) is 3. The van der Waals surface area contributed by atoms with E-state index in [1.165, 1.54) is 6.33 Å². The summed E-state index contributed by atoms with van der Waals surface area (Å²) >= 11 is 0. The van der Waals surface area contributed by atoms with Crippen molar-refractivity contribution in [3.8, 4) is 0 Å². The largest absolute Gasteiger partial charge is 0.366 e. The van der Waals surface area contributed by atoms with Crippen LogP contribution in [0.1, 0.15) is 5.69 Å². The maximum absolute atomic E-state index is 4.10. The minimum Gasteiger partial charge on any atom is -0.366 e. The van der Waals surface area contributed by atoms with Crippen molar-refractivity contribution >= 4 is 5.84 Å². The van der Waals surface area contributed by atoms with Gasteiger partial charge in [0, 0.05) is 12.7 Å². The van der Waals surface area contributed by atoms with Crippen LogP contribution in [0.15, 0.2) is 23.6 Å². The number of hydrogen-bond donors (Lipinski definition) is 1. The van der Waals surface area contributed by atoms with Gasteiger partial charge in [-0.15, -0.1) is 0 Å². The van der Waals surface area contributed by atoms with E-state index in [-0.39, 0.29) is 0 Å². The van der Waals surface area contributed by atoms with Gasteiger partial charge in [0.05, 0.1) is 6.54 Å². The number of amidine groups is 1. The van der Waals surface area contributed by atoms with Gasteiger partial charge >= 0.3 is 0 Å². The normalized spacial score (nSPS) is 15.8. The lowest BCUT2D eigenvalue weighted by molar-refractivity contribution is 1.03. The first kappa shape index (κ1) is 6.27. The Morgan fingerprint density at radius 2 is 2.45 bits per heavy atom. The lowest BCUT2D eigenvalue weighted by Crippen LogP contribution is -2.20. The standard InChI is InChI=1S/C7H7N4/c1-2-8-5-11-6(1)7-9-3-4-10-7/h1-3,5H,4H2,(H,9,10). The zero-order valence-corrected chi connectivity index (χ0v) is 5.86. The average molecular weight is 147 g/mol. The molecule has 1 aromatic rings. The zero-order valence-electron chi connectivity index (χ0n) is 5.86. The Kier molecular flexibility index (Phi) is 1.51. The molecule has 0 amide bonds. The van der Waals surface area contributed by atoms with Crippen molar-refractivity contribution < 1.29 is 0 Å². The van der Waals surface area contributed by atoms with Crippen LogP contribution in [0.25, 0.3) is 0 Å². The van der Waals surface area contributed by atoms with Crippen molar-refractivity contribution in [3.63, 3.8) is 0 Å². The topological polar surface area (TPSA) is 50.2 Å². The molecule has 0 aromatic carbocycles. The fourth-order valence-electron chi connectivity index (χ4n) is 0.912. The molecule has 1 aliphatic rings. The van der Waals surface area contributed by atoms with Crippen molar-refractivity contribution in [3.05, 3.63) is 30.8 Å². The van der Waals surface area contributed by atoms with E-state index in [9.17, 15) is 0 Å². The smallest absolute Gasteiger partial charge is 0.147 e. The molecule has 11 heavy (non-hydrogen) atoms. The SMILES string of the molecule is [CH]1CNC(c2ccncn2)=N1. The minimum absolute atomic E-state index is 0.791. The molecule has 2 heterocycles. The van der Waals surface area contributed by atoms with E-state index in [1.807, 2.05) is 12.6 Å². The second kappa shape index (κ2) is 2.65. The molecule has 1 radical (unpaired) electrons. The highest BCUT2D eigenvalue weighted by molar-refractivity contribution is 5.98. The highest BCUT2D eigenvalue weighted by Gasteiger charge is 2.07. The van der Waals surface area contributed by atoms with Crippen molar-refractivity contribution in [2.45, 2.75) is 0 Å². The molecule has 0 atom stereocenters. The highest BCUT2D eigenvalue weighted by Crippen LogP contribution is 1.98. The molecule has 0 spiro atoms. The van der Waals surface area contributed by atoms with Gasteiger partial charge in [0.1, 0.15) is 17.9 Å². The summed E-state index contributed by atoms with van der Waals surface area (Å²) in [6.07, 6.45) is 3.21. The van der Waals surface area contributed by atoms with Gasteiger partial charge in [0.25, 0.3) is 0 Å². The van der Waals surface area contributed by atoms with Gasteiger partial charge in [0.15, 0.2) is 0 Å². The molecule has 0 fully saturated rings. The third-order valence-electron chi connectivity index (χ3n) is 1.41. The lowest BCUT2D eigenvalue weighted by atomic mass is 10.4. The van der Waals surface area contributed by atoms with Crippen LogP contribution < -0.4 is 5.32 Å². The summed E-state index contributed by atoms with van der Waals surface area (Å²) < 4.78 is 0. The van der Waals surface area contributed by atoms with Gasteiger partial charge in [-0.3, -0.25) is 4.99 Å². The molecule has 1 N–H and O–H groups in total. The van der Waals surface area contributed by atoms with E-state index in [4.69, 9.17) is 0 Å². The summed E-state index contributed by atoms with van der Waals surface area (Å²) in [6, 6.07) is 1.82. The Bertz CT molecular complexity index is 267. The Hall–Kier alpha value is -1.45. The Labute approximate surface area is 64.4 Å². The molecule has 1 aliphatic heterocycles. The van der Waals surface area contributed by atoms with Crippen molar-refractivity contribution in [2.75, 3.05) is 6.54 Å². The summed E-state index contributed by atoms with van der Waals surface area (Å²) in [5.74, 6) is 0.826. The van der Waals surface area contributed by atoms with Crippen LogP contribution in [0.5, 0.6) is 0 Å². The Morgan fingerprint density at radius 1 is 1.45 bits per heavy atom. The first-order chi connectivity index (χ1) is 5.47. The molecule has 1 aromatic heterocycles. The van der Waals surface area contributed by atoms with Gasteiger partial charge < -0.3 is 5.32 Å². The summed E-state index contributed by atoms with van der Waals surface area (Å²) in [6.45, 7) is 2.61. The summed E-state index contributed by atoms with van der Waals surface area (Å²) in [5.41, 5.74) is 0.841. The average Bonchev–Trinajstić information content (AvgIpc) is 2.58. The Morgan fingerprint density at radius 3 is 3.09 bits per heavy atom. The second-order valence-electron chi connectivity index (χ2n) is 2.14. The van der Waals surface area contributed by atoms with E-state index in [1.54, 1.807) is 6.20 Å². The number of hydrogen-bond acceptors (Lipinski definition) is 4. The summed E-state index contributed by atoms with van der Waals surface area (Å²) in [7, 11) is 0. The summed E-state index contributed by atoms with van der Waals surface area (Å²) in [5, 5.41) is 3.08. The van der Waals surface area contributed by atoms with Gasteiger partial charge in [-0.2, -0.15) is 0 Å². The van der Waals surface area contributed by atoms with Gasteiger partial charge in [-0.25, -0.2) is 9.97 Å². The fraction of sp³-hybridized carbons (Fsp3) is 0.143. The number of aromatic nitrogens is 2. The van der Waals surface area contributed by atoms with Crippen LogP contribution in [0.4, 0.5) is 0 Å². The van der Waals surface area contributed by atoms with Crippen LogP contribution in [0, 0.1) is 6.54 Å². The van der Waals surface area contributed by atoms with Crippen LogP contribution in [-0.2, 0) is 0 Å². The quantitative estimate of drug-likeness (QED) is 0.607. The zero-order chi connectivity index (χ0) is 7.52. The molecule has 55 valence electrons. The molecule has 0 aliphatic carbocycles. The fourth-order valence-corrected chi connectivity index (χ4v) is 0.912. The van der Waals surface area contributed by atoms with E-state index < -0.39 is 0 Å². The second-order valence-corrected chi connectivity index (χ2v) is 2.14. The predicted molar refractivity (Wildman–Crippen MR) is 40.9 cm³/mol. The molecule has 0 bridgehead atoms. The predicted octanol–water partition coefficient (Wildman–Crippen LogP) is -0.0118. The third-order valence-corrected chi connectivity index (χ3v) is 1.41. The first-order valence-electron chi connectivity index (χ1n) is 3.36. The van der Waals surface area contributed by atoms with Gasteiger partial charge in [-0.05, 0) is 6.07 Å². The highest BCUT2D eigenvalue weighted by atomic mass is 15.1. The monoisotopic (exact) mass is 147 g/mol. The maximum atomic E-state index is 4.10. The molecule has 4 heteroatoms. The van der Waals surface area contributed by atoms with Crippen molar-refractivity contribution in [1.82, 2.24) is 15.3 Å². The van der Waals surface area contributed by atoms with E-state index in [2.05, 4.69) is 20.3 Å². The van der Waals surface area contributed by atoms with Crippen LogP contribution in [0.3, 0.4) is 0 Å². The molecule has 4 nitrogen and oxygen atoms in total. The van der Waals surface area contributed by atoms with Gasteiger partial charge in [0.2, 0.25) is 0 Å². The van der Waals surface area contributed by atoms with Crippen LogP contribution in [-0.4, -0.2) is 22.3 Å². The van der Waals surface area contributed by atoms with E-state index in [0.717, 1.165) is 18.1 Å². The van der Waals surface area contributed by atoms with E-state index in [0.29, 0.717) is 0 Å². The molecule has 2 rings (SSSR count). The maximum Gasteiger partial charge on any atom is 0.147 e. The first-order valence-corrected chi connectivity index (χ1v) is 3.36. The van der Waals surface area contributed by atoms with Crippen molar-refractivity contribution in [2.24, 2.45) is 4.99 Å². The number of nitrogens with one attached hydrogen (secondary N) is 1. The minimum atomic E-state index is 0.791. The van der Waals surface area contributed by atoms with Crippen LogP contribution in [0.2, 0.25) is 0 Å². The number of rotatable bonds is 1. The van der Waals surface area contributed by atoms with E-state index >= 15 is 0 Å². The Balaban J connectivity index is 2.29. The summed E-state index contributed by atoms with van der Waals surface area (Å²) in [4.78, 5) is 11.9. The van der Waals surface area contributed by atoms with Gasteiger partial charge in [-0.1, -0.05) is 0 Å². The molecule has 0 saturated heterocycles. The molecule has 0 saturated carbocycles.